The van der Waals surface area contributed by atoms with Gasteiger partial charge in [0.1, 0.15) is 5.82 Å². The molecule has 0 spiro atoms. The molecule has 0 saturated carbocycles. The van der Waals surface area contributed by atoms with Gasteiger partial charge in [-0.25, -0.2) is 4.98 Å². The summed E-state index contributed by atoms with van der Waals surface area (Å²) in [5, 5.41) is 11.4. The second kappa shape index (κ2) is 5.61. The molecule has 0 amide bonds. The van der Waals surface area contributed by atoms with Gasteiger partial charge in [-0.05, 0) is 31.2 Å². The molecule has 0 radical (unpaired) electrons. The SMILES string of the molecule is Cc1cnc(-c2ccccc2Cl)n1-c1ccc([N+](=O)[O-])cc1. The van der Waals surface area contributed by atoms with Crippen LogP contribution < -0.4 is 0 Å². The lowest BCUT2D eigenvalue weighted by atomic mass is 10.2. The third-order valence-electron chi connectivity index (χ3n) is 3.37. The van der Waals surface area contributed by atoms with Crippen LogP contribution in [0.5, 0.6) is 0 Å². The Bertz CT molecular complexity index is 841. The Morgan fingerprint density at radius 3 is 2.45 bits per heavy atom. The van der Waals surface area contributed by atoms with Gasteiger partial charge in [0.25, 0.3) is 5.69 Å². The minimum atomic E-state index is -0.417. The van der Waals surface area contributed by atoms with E-state index in [0.29, 0.717) is 10.8 Å². The molecule has 0 saturated heterocycles. The zero-order chi connectivity index (χ0) is 15.7. The van der Waals surface area contributed by atoms with Crippen molar-refractivity contribution in [2.45, 2.75) is 6.92 Å². The largest absolute Gasteiger partial charge is 0.297 e. The van der Waals surface area contributed by atoms with E-state index in [-0.39, 0.29) is 5.69 Å². The maximum Gasteiger partial charge on any atom is 0.269 e. The first-order valence-corrected chi connectivity index (χ1v) is 7.00. The van der Waals surface area contributed by atoms with Crippen LogP contribution in [0.2, 0.25) is 5.02 Å². The number of benzene rings is 2. The van der Waals surface area contributed by atoms with Crippen molar-refractivity contribution in [3.8, 4) is 17.1 Å². The molecule has 0 fully saturated rings. The van der Waals surface area contributed by atoms with Crippen LogP contribution in [0.3, 0.4) is 0 Å². The third-order valence-corrected chi connectivity index (χ3v) is 3.70. The van der Waals surface area contributed by atoms with E-state index in [1.807, 2.05) is 29.7 Å². The molecule has 3 aromatic rings. The van der Waals surface area contributed by atoms with Crippen LogP contribution >= 0.6 is 11.6 Å². The fraction of sp³-hybridized carbons (Fsp3) is 0.0625. The van der Waals surface area contributed by atoms with Crippen molar-refractivity contribution in [3.05, 3.63) is 75.6 Å². The maximum atomic E-state index is 10.8. The Hall–Kier alpha value is -2.66. The molecular formula is C16H12ClN3O2. The van der Waals surface area contributed by atoms with Crippen LogP contribution in [0.1, 0.15) is 5.69 Å². The first-order chi connectivity index (χ1) is 10.6. The summed E-state index contributed by atoms with van der Waals surface area (Å²) in [6, 6.07) is 13.8. The maximum absolute atomic E-state index is 10.8. The molecule has 110 valence electrons. The lowest BCUT2D eigenvalue weighted by Crippen LogP contribution is -2.00. The molecule has 6 heteroatoms. The number of aromatic nitrogens is 2. The van der Waals surface area contributed by atoms with Crippen LogP contribution in [-0.2, 0) is 0 Å². The van der Waals surface area contributed by atoms with Crippen molar-refractivity contribution in [2.24, 2.45) is 0 Å². The molecule has 0 aliphatic rings. The molecule has 1 aromatic heterocycles. The van der Waals surface area contributed by atoms with Crippen LogP contribution in [0, 0.1) is 17.0 Å². The summed E-state index contributed by atoms with van der Waals surface area (Å²) >= 11 is 6.25. The standard InChI is InChI=1S/C16H12ClN3O2/c1-11-10-18-16(14-4-2-3-5-15(14)17)19(11)12-6-8-13(9-7-12)20(21)22/h2-10H,1H3. The molecule has 0 atom stereocenters. The smallest absolute Gasteiger partial charge is 0.269 e. The van der Waals surface area contributed by atoms with Gasteiger partial charge < -0.3 is 0 Å². The molecular weight excluding hydrogens is 302 g/mol. The normalized spacial score (nSPS) is 10.6. The predicted molar refractivity (Wildman–Crippen MR) is 85.4 cm³/mol. The number of halogens is 1. The second-order valence-corrected chi connectivity index (χ2v) is 5.22. The number of imidazole rings is 1. The molecule has 5 nitrogen and oxygen atoms in total. The van der Waals surface area contributed by atoms with E-state index in [0.717, 1.165) is 16.9 Å². The van der Waals surface area contributed by atoms with Crippen molar-refractivity contribution in [2.75, 3.05) is 0 Å². The highest BCUT2D eigenvalue weighted by molar-refractivity contribution is 6.33. The van der Waals surface area contributed by atoms with Crippen LogP contribution in [0.15, 0.2) is 54.7 Å². The highest BCUT2D eigenvalue weighted by Crippen LogP contribution is 2.30. The molecule has 1 heterocycles. The van der Waals surface area contributed by atoms with E-state index >= 15 is 0 Å². The fourth-order valence-corrected chi connectivity index (χ4v) is 2.54. The number of rotatable bonds is 3. The van der Waals surface area contributed by atoms with Crippen molar-refractivity contribution in [1.29, 1.82) is 0 Å². The zero-order valence-corrected chi connectivity index (χ0v) is 12.5. The summed E-state index contributed by atoms with van der Waals surface area (Å²) in [4.78, 5) is 14.8. The van der Waals surface area contributed by atoms with Gasteiger partial charge in [-0.15, -0.1) is 0 Å². The molecule has 0 bridgehead atoms. The number of nitro benzene ring substituents is 1. The lowest BCUT2D eigenvalue weighted by Gasteiger charge is -2.11. The van der Waals surface area contributed by atoms with E-state index in [4.69, 9.17) is 11.6 Å². The molecule has 0 unspecified atom stereocenters. The molecule has 22 heavy (non-hydrogen) atoms. The number of aryl methyl sites for hydroxylation is 1. The number of non-ortho nitro benzene ring substituents is 1. The fourth-order valence-electron chi connectivity index (χ4n) is 2.32. The van der Waals surface area contributed by atoms with Crippen LogP contribution in [0.4, 0.5) is 5.69 Å². The molecule has 0 aliphatic heterocycles. The topological polar surface area (TPSA) is 61.0 Å². The summed E-state index contributed by atoms with van der Waals surface area (Å²) in [5.74, 6) is 0.706. The first-order valence-electron chi connectivity index (χ1n) is 6.62. The summed E-state index contributed by atoms with van der Waals surface area (Å²) in [6.45, 7) is 1.93. The Balaban J connectivity index is 2.14. The third kappa shape index (κ3) is 2.46. The average molecular weight is 314 g/mol. The number of nitrogens with zero attached hydrogens (tertiary/aromatic N) is 3. The Labute approximate surface area is 132 Å². The van der Waals surface area contributed by atoms with Gasteiger partial charge in [-0.1, -0.05) is 23.7 Å². The monoisotopic (exact) mass is 313 g/mol. The summed E-state index contributed by atoms with van der Waals surface area (Å²) in [7, 11) is 0. The Morgan fingerprint density at radius 1 is 1.14 bits per heavy atom. The number of hydrogen-bond donors (Lipinski definition) is 0. The molecule has 0 N–H and O–H groups in total. The second-order valence-electron chi connectivity index (χ2n) is 4.81. The predicted octanol–water partition coefficient (Wildman–Crippen LogP) is 4.41. The van der Waals surface area contributed by atoms with Gasteiger partial charge in [-0.2, -0.15) is 0 Å². The molecule has 2 aromatic carbocycles. The minimum absolute atomic E-state index is 0.0563. The summed E-state index contributed by atoms with van der Waals surface area (Å²) in [5.41, 5.74) is 2.59. The highest BCUT2D eigenvalue weighted by atomic mass is 35.5. The van der Waals surface area contributed by atoms with Crippen LogP contribution in [0.25, 0.3) is 17.1 Å². The average Bonchev–Trinajstić information content (AvgIpc) is 2.89. The first kappa shape index (κ1) is 14.3. The van der Waals surface area contributed by atoms with Gasteiger partial charge in [0.05, 0.1) is 9.95 Å². The summed E-state index contributed by atoms with van der Waals surface area (Å²) in [6.07, 6.45) is 1.75. The highest BCUT2D eigenvalue weighted by Gasteiger charge is 2.14. The van der Waals surface area contributed by atoms with Crippen molar-refractivity contribution in [1.82, 2.24) is 9.55 Å². The van der Waals surface area contributed by atoms with E-state index in [1.54, 1.807) is 24.4 Å². The van der Waals surface area contributed by atoms with E-state index < -0.39 is 4.92 Å². The number of hydrogen-bond acceptors (Lipinski definition) is 3. The van der Waals surface area contributed by atoms with Crippen molar-refractivity contribution >= 4 is 17.3 Å². The van der Waals surface area contributed by atoms with Gasteiger partial charge in [0.2, 0.25) is 0 Å². The number of nitro groups is 1. The van der Waals surface area contributed by atoms with Crippen molar-refractivity contribution < 1.29 is 4.92 Å². The zero-order valence-electron chi connectivity index (χ0n) is 11.7. The molecule has 3 rings (SSSR count). The van der Waals surface area contributed by atoms with Gasteiger partial charge in [0.15, 0.2) is 0 Å². The van der Waals surface area contributed by atoms with Gasteiger partial charge in [0, 0.05) is 35.3 Å². The molecule has 0 aliphatic carbocycles. The lowest BCUT2D eigenvalue weighted by molar-refractivity contribution is -0.384. The quantitative estimate of drug-likeness (QED) is 0.531. The van der Waals surface area contributed by atoms with E-state index in [2.05, 4.69) is 4.98 Å². The van der Waals surface area contributed by atoms with Gasteiger partial charge in [-0.3, -0.25) is 14.7 Å². The Kier molecular flexibility index (Phi) is 3.65. The van der Waals surface area contributed by atoms with Gasteiger partial charge >= 0.3 is 0 Å². The Morgan fingerprint density at radius 2 is 1.82 bits per heavy atom. The van der Waals surface area contributed by atoms with Crippen molar-refractivity contribution in [3.63, 3.8) is 0 Å². The van der Waals surface area contributed by atoms with Crippen LogP contribution in [-0.4, -0.2) is 14.5 Å². The van der Waals surface area contributed by atoms with E-state index in [9.17, 15) is 10.1 Å². The minimum Gasteiger partial charge on any atom is -0.297 e. The summed E-state index contributed by atoms with van der Waals surface area (Å²) < 4.78 is 1.92. The van der Waals surface area contributed by atoms with E-state index in [1.165, 1.54) is 12.1 Å².